The Hall–Kier alpha value is -0.980. The number of carbonyl (C=O) groups excluding carboxylic acids is 1. The molecule has 0 heterocycles. The molecular formula is C21H27F5O2. The summed E-state index contributed by atoms with van der Waals surface area (Å²) < 4.78 is 68.4. The summed E-state index contributed by atoms with van der Waals surface area (Å²) in [6.45, 7) is 3.46. The number of fused-ring (bicyclic) bond motifs is 5. The van der Waals surface area contributed by atoms with E-state index in [2.05, 4.69) is 0 Å². The fraction of sp³-hybridized carbons (Fsp3) is 0.857. The van der Waals surface area contributed by atoms with Crippen LogP contribution in [0.4, 0.5) is 22.0 Å². The Bertz CT molecular complexity index is 714. The Morgan fingerprint density at radius 2 is 1.79 bits per heavy atom. The molecule has 3 saturated carbocycles. The van der Waals surface area contributed by atoms with Crippen LogP contribution in [0, 0.1) is 35.0 Å². The van der Waals surface area contributed by atoms with Crippen molar-refractivity contribution in [1.82, 2.24) is 0 Å². The molecule has 4 aliphatic carbocycles. The van der Waals surface area contributed by atoms with E-state index in [4.69, 9.17) is 0 Å². The second-order valence-corrected chi connectivity index (χ2v) is 9.79. The molecule has 1 N–H and O–H groups in total. The summed E-state index contributed by atoms with van der Waals surface area (Å²) in [5.74, 6) is -4.84. The standard InChI is InChI=1S/C21H27F5O2/c1-11-9-12-10-13(27)3-4-14(12)15-5-7-18(2)16(17(11)15)6-8-19(18,28)20(22,23)21(24,25)26/h10-11,14-17,28H,3-9H2,1-2H3/t11?,14-,15+,16-,17+,18-,19?/m0/s1. The van der Waals surface area contributed by atoms with Gasteiger partial charge in [0.25, 0.3) is 0 Å². The topological polar surface area (TPSA) is 37.3 Å². The molecule has 7 atom stereocenters. The van der Waals surface area contributed by atoms with E-state index in [0.717, 1.165) is 12.0 Å². The molecule has 4 aliphatic rings. The van der Waals surface area contributed by atoms with Crippen LogP contribution < -0.4 is 0 Å². The van der Waals surface area contributed by atoms with E-state index >= 15 is 0 Å². The molecule has 0 aromatic carbocycles. The highest BCUT2D eigenvalue weighted by Gasteiger charge is 2.79. The number of aliphatic hydroxyl groups is 1. The van der Waals surface area contributed by atoms with E-state index in [9.17, 15) is 31.9 Å². The number of halogens is 5. The van der Waals surface area contributed by atoms with Crippen molar-refractivity contribution in [1.29, 1.82) is 0 Å². The van der Waals surface area contributed by atoms with Crippen molar-refractivity contribution in [3.63, 3.8) is 0 Å². The third kappa shape index (κ3) is 2.43. The minimum absolute atomic E-state index is 0.00663. The molecule has 28 heavy (non-hydrogen) atoms. The minimum atomic E-state index is -5.77. The van der Waals surface area contributed by atoms with Gasteiger partial charge in [0.15, 0.2) is 5.78 Å². The Labute approximate surface area is 161 Å². The molecule has 0 saturated heterocycles. The SMILES string of the molecule is CC1CC2=CC(=O)CC[C@@H]2[C@H]2CC[C@@]3(C)[C@@H](CCC3(O)C(F)(F)C(F)(F)F)[C@H]12. The summed E-state index contributed by atoms with van der Waals surface area (Å²) in [5, 5.41) is 10.8. The first kappa shape index (κ1) is 20.3. The lowest BCUT2D eigenvalue weighted by Crippen LogP contribution is -2.65. The first-order valence-corrected chi connectivity index (χ1v) is 10.2. The van der Waals surface area contributed by atoms with Gasteiger partial charge >= 0.3 is 12.1 Å². The van der Waals surface area contributed by atoms with E-state index in [1.807, 2.05) is 6.92 Å². The monoisotopic (exact) mass is 406 g/mol. The zero-order chi connectivity index (χ0) is 20.7. The molecule has 7 heteroatoms. The quantitative estimate of drug-likeness (QED) is 0.600. The molecule has 158 valence electrons. The highest BCUT2D eigenvalue weighted by Crippen LogP contribution is 2.69. The van der Waals surface area contributed by atoms with Crippen molar-refractivity contribution >= 4 is 5.78 Å². The number of carbonyl (C=O) groups is 1. The van der Waals surface area contributed by atoms with Crippen molar-refractivity contribution in [3.8, 4) is 0 Å². The smallest absolute Gasteiger partial charge is 0.383 e. The van der Waals surface area contributed by atoms with E-state index in [1.165, 1.54) is 6.92 Å². The zero-order valence-electron chi connectivity index (χ0n) is 16.2. The van der Waals surface area contributed by atoms with Gasteiger partial charge in [0.2, 0.25) is 0 Å². The van der Waals surface area contributed by atoms with Crippen LogP contribution in [-0.2, 0) is 4.79 Å². The number of hydrogen-bond acceptors (Lipinski definition) is 2. The zero-order valence-corrected chi connectivity index (χ0v) is 16.2. The minimum Gasteiger partial charge on any atom is -0.383 e. The van der Waals surface area contributed by atoms with Gasteiger partial charge in [-0.05, 0) is 74.2 Å². The predicted molar refractivity (Wildman–Crippen MR) is 92.6 cm³/mol. The van der Waals surface area contributed by atoms with Gasteiger partial charge in [-0.15, -0.1) is 0 Å². The van der Waals surface area contributed by atoms with Crippen LogP contribution in [0.5, 0.6) is 0 Å². The van der Waals surface area contributed by atoms with E-state index < -0.39 is 29.5 Å². The highest BCUT2D eigenvalue weighted by molar-refractivity contribution is 5.91. The molecule has 0 aromatic heterocycles. The van der Waals surface area contributed by atoms with Crippen LogP contribution >= 0.6 is 0 Å². The van der Waals surface area contributed by atoms with Crippen LogP contribution in [0.2, 0.25) is 0 Å². The lowest BCUT2D eigenvalue weighted by atomic mass is 9.48. The van der Waals surface area contributed by atoms with Gasteiger partial charge in [-0.1, -0.05) is 19.4 Å². The van der Waals surface area contributed by atoms with Crippen molar-refractivity contribution in [2.24, 2.45) is 35.0 Å². The second-order valence-electron chi connectivity index (χ2n) is 9.79. The first-order chi connectivity index (χ1) is 12.8. The van der Waals surface area contributed by atoms with E-state index in [0.29, 0.717) is 19.3 Å². The Balaban J connectivity index is 1.70. The number of hydrogen-bond donors (Lipinski definition) is 1. The average Bonchev–Trinajstić information content (AvgIpc) is 2.86. The van der Waals surface area contributed by atoms with Crippen molar-refractivity contribution in [2.45, 2.75) is 76.5 Å². The van der Waals surface area contributed by atoms with Crippen LogP contribution in [0.25, 0.3) is 0 Å². The molecule has 0 aliphatic heterocycles. The summed E-state index contributed by atoms with van der Waals surface area (Å²) in [6, 6.07) is 0. The molecule has 2 unspecified atom stereocenters. The normalized spacial score (nSPS) is 46.5. The van der Waals surface area contributed by atoms with Gasteiger partial charge in [0, 0.05) is 11.8 Å². The molecular weight excluding hydrogens is 379 g/mol. The van der Waals surface area contributed by atoms with Crippen LogP contribution in [0.15, 0.2) is 11.6 Å². The van der Waals surface area contributed by atoms with Crippen molar-refractivity contribution < 1.29 is 31.9 Å². The summed E-state index contributed by atoms with van der Waals surface area (Å²) >= 11 is 0. The van der Waals surface area contributed by atoms with Gasteiger partial charge in [0.05, 0.1) is 0 Å². The molecule has 0 aromatic rings. The fourth-order valence-electron chi connectivity index (χ4n) is 7.36. The number of alkyl halides is 5. The lowest BCUT2D eigenvalue weighted by molar-refractivity contribution is -0.363. The third-order valence-corrected chi connectivity index (χ3v) is 8.67. The Morgan fingerprint density at radius 1 is 1.11 bits per heavy atom. The molecule has 0 radical (unpaired) electrons. The fourth-order valence-corrected chi connectivity index (χ4v) is 7.36. The summed E-state index contributed by atoms with van der Waals surface area (Å²) in [6.07, 6.45) is -1.78. The first-order valence-electron chi connectivity index (χ1n) is 10.2. The molecule has 0 spiro atoms. The largest absolute Gasteiger partial charge is 0.456 e. The number of ketones is 1. The van der Waals surface area contributed by atoms with Crippen LogP contribution in [-0.4, -0.2) is 28.6 Å². The van der Waals surface area contributed by atoms with Gasteiger partial charge in [-0.3, -0.25) is 4.79 Å². The molecule has 4 rings (SSSR count). The van der Waals surface area contributed by atoms with Crippen molar-refractivity contribution in [3.05, 3.63) is 11.6 Å². The van der Waals surface area contributed by atoms with Gasteiger partial charge in [-0.2, -0.15) is 22.0 Å². The van der Waals surface area contributed by atoms with Gasteiger partial charge in [0.1, 0.15) is 5.60 Å². The van der Waals surface area contributed by atoms with Gasteiger partial charge < -0.3 is 5.11 Å². The second kappa shape index (κ2) is 6.02. The molecule has 0 bridgehead atoms. The van der Waals surface area contributed by atoms with Crippen LogP contribution in [0.1, 0.15) is 58.8 Å². The van der Waals surface area contributed by atoms with Gasteiger partial charge in [-0.25, -0.2) is 0 Å². The van der Waals surface area contributed by atoms with E-state index in [-0.39, 0.29) is 48.2 Å². The third-order valence-electron chi connectivity index (χ3n) is 8.67. The van der Waals surface area contributed by atoms with E-state index in [1.54, 1.807) is 6.08 Å². The maximum absolute atomic E-state index is 14.4. The Morgan fingerprint density at radius 3 is 2.43 bits per heavy atom. The maximum atomic E-state index is 14.4. The summed E-state index contributed by atoms with van der Waals surface area (Å²) in [7, 11) is 0. The Kier molecular flexibility index (Phi) is 4.36. The summed E-state index contributed by atoms with van der Waals surface area (Å²) in [4.78, 5) is 11.8. The molecule has 3 fully saturated rings. The maximum Gasteiger partial charge on any atom is 0.456 e. The molecule has 0 amide bonds. The van der Waals surface area contributed by atoms with Crippen LogP contribution in [0.3, 0.4) is 0 Å². The number of rotatable bonds is 1. The number of allylic oxidation sites excluding steroid dienone is 1. The van der Waals surface area contributed by atoms with Crippen molar-refractivity contribution in [2.75, 3.05) is 0 Å². The molecule has 2 nitrogen and oxygen atoms in total. The average molecular weight is 406 g/mol. The highest BCUT2D eigenvalue weighted by atomic mass is 19.4. The predicted octanol–water partition coefficient (Wildman–Crippen LogP) is 5.30. The lowest BCUT2D eigenvalue weighted by Gasteiger charge is -2.58. The summed E-state index contributed by atoms with van der Waals surface area (Å²) in [5.41, 5.74) is -3.40.